The molecule has 0 radical (unpaired) electrons. The number of nitrogen functional groups attached to an aromatic ring is 2. The molecule has 0 bridgehead atoms. The number of aromatic hydroxyl groups is 2. The van der Waals surface area contributed by atoms with E-state index in [1.54, 1.807) is 24.3 Å². The summed E-state index contributed by atoms with van der Waals surface area (Å²) in [6, 6.07) is 9.67. The van der Waals surface area contributed by atoms with E-state index in [1.165, 1.54) is 12.1 Å². The maximum Gasteiger partial charge on any atom is 0.138 e. The van der Waals surface area contributed by atoms with Crippen LogP contribution in [0.5, 0.6) is 11.5 Å². The Bertz CT molecular complexity index is 619. The Kier molecular flexibility index (Phi) is 3.67. The van der Waals surface area contributed by atoms with Gasteiger partial charge in [0.15, 0.2) is 0 Å². The van der Waals surface area contributed by atoms with Crippen LogP contribution in [0.3, 0.4) is 0 Å². The average Bonchev–Trinajstić information content (AvgIpc) is 2.43. The smallest absolute Gasteiger partial charge is 0.138 e. The molecule has 112 valence electrons. The Morgan fingerprint density at radius 2 is 1.24 bits per heavy atom. The van der Waals surface area contributed by atoms with E-state index >= 15 is 0 Å². The zero-order valence-corrected chi connectivity index (χ0v) is 11.7. The van der Waals surface area contributed by atoms with Crippen LogP contribution < -0.4 is 22.9 Å². The van der Waals surface area contributed by atoms with Crippen molar-refractivity contribution in [2.45, 2.75) is 18.5 Å². The van der Waals surface area contributed by atoms with Crippen LogP contribution in [0, 0.1) is 0 Å². The third-order valence-electron chi connectivity index (χ3n) is 3.92. The topological polar surface area (TPSA) is 145 Å². The van der Waals surface area contributed by atoms with E-state index in [-0.39, 0.29) is 22.9 Å². The van der Waals surface area contributed by atoms with Crippen molar-refractivity contribution in [1.29, 1.82) is 0 Å². The molecule has 0 heterocycles. The van der Waals surface area contributed by atoms with Crippen molar-refractivity contribution in [1.82, 2.24) is 0 Å². The van der Waals surface area contributed by atoms with E-state index in [1.807, 2.05) is 6.92 Å². The molecule has 0 saturated carbocycles. The van der Waals surface area contributed by atoms with Crippen molar-refractivity contribution in [3.8, 4) is 11.5 Å². The van der Waals surface area contributed by atoms with Crippen molar-refractivity contribution in [2.75, 3.05) is 11.5 Å². The Morgan fingerprint density at radius 3 is 1.52 bits per heavy atom. The molecule has 0 unspecified atom stereocenters. The maximum absolute atomic E-state index is 9.56. The monoisotopic (exact) mass is 288 g/mol. The Labute approximate surface area is 123 Å². The molecule has 21 heavy (non-hydrogen) atoms. The molecule has 6 nitrogen and oxygen atoms in total. The molecule has 0 saturated heterocycles. The number of nitrogens with two attached hydrogens (primary N) is 4. The second kappa shape index (κ2) is 5.16. The second-order valence-electron chi connectivity index (χ2n) is 5.28. The number of phenolic OH excluding ortho intramolecular Hbond substituents is 2. The second-order valence-corrected chi connectivity index (χ2v) is 5.28. The first kappa shape index (κ1) is 15.0. The van der Waals surface area contributed by atoms with Crippen LogP contribution in [-0.2, 0) is 5.41 Å². The van der Waals surface area contributed by atoms with Gasteiger partial charge in [0.2, 0.25) is 0 Å². The van der Waals surface area contributed by atoms with Crippen LogP contribution in [-0.4, -0.2) is 16.4 Å². The maximum atomic E-state index is 9.56. The fraction of sp³-hybridized carbons (Fsp3) is 0.200. The van der Waals surface area contributed by atoms with Crippen LogP contribution in [0.4, 0.5) is 11.4 Å². The zero-order chi connectivity index (χ0) is 15.8. The van der Waals surface area contributed by atoms with Gasteiger partial charge in [-0.15, -0.1) is 0 Å². The molecule has 10 N–H and O–H groups in total. The molecule has 0 spiro atoms. The molecule has 0 aromatic heterocycles. The first-order valence-electron chi connectivity index (χ1n) is 6.46. The van der Waals surface area contributed by atoms with E-state index in [2.05, 4.69) is 0 Å². The van der Waals surface area contributed by atoms with Gasteiger partial charge in [-0.1, -0.05) is 12.1 Å². The lowest BCUT2D eigenvalue weighted by Crippen LogP contribution is -2.50. The summed E-state index contributed by atoms with van der Waals surface area (Å²) in [5.41, 5.74) is 24.7. The van der Waals surface area contributed by atoms with Gasteiger partial charge in [-0.25, -0.2) is 0 Å². The van der Waals surface area contributed by atoms with Crippen molar-refractivity contribution >= 4 is 11.4 Å². The van der Waals surface area contributed by atoms with Gasteiger partial charge < -0.3 is 33.1 Å². The highest BCUT2D eigenvalue weighted by atomic mass is 16.3. The van der Waals surface area contributed by atoms with Gasteiger partial charge in [0.1, 0.15) is 11.5 Å². The zero-order valence-electron chi connectivity index (χ0n) is 11.7. The summed E-state index contributed by atoms with van der Waals surface area (Å²) in [7, 11) is 0. The van der Waals surface area contributed by atoms with Crippen molar-refractivity contribution in [3.63, 3.8) is 0 Å². The number of anilines is 2. The Hall–Kier alpha value is -2.44. The number of hydrogen-bond donors (Lipinski definition) is 6. The molecule has 0 aliphatic rings. The van der Waals surface area contributed by atoms with Crippen LogP contribution in [0.2, 0.25) is 0 Å². The van der Waals surface area contributed by atoms with E-state index in [4.69, 9.17) is 22.9 Å². The van der Waals surface area contributed by atoms with Gasteiger partial charge in [-0.3, -0.25) is 0 Å². The van der Waals surface area contributed by atoms with Crippen LogP contribution in [0.15, 0.2) is 36.4 Å². The molecular weight excluding hydrogens is 268 g/mol. The molecule has 0 aliphatic carbocycles. The Balaban J connectivity index is 2.64. The predicted molar refractivity (Wildman–Crippen MR) is 83.7 cm³/mol. The van der Waals surface area contributed by atoms with E-state index in [9.17, 15) is 10.2 Å². The lowest BCUT2D eigenvalue weighted by molar-refractivity contribution is 0.447. The SMILES string of the molecule is CC(c1ccc(O)c(N)c1)(c1ccc(O)c(N)c1)C(N)N. The summed E-state index contributed by atoms with van der Waals surface area (Å²) >= 11 is 0. The van der Waals surface area contributed by atoms with Crippen molar-refractivity contribution in [2.24, 2.45) is 11.5 Å². The van der Waals surface area contributed by atoms with Crippen molar-refractivity contribution < 1.29 is 10.2 Å². The minimum Gasteiger partial charge on any atom is -0.506 e. The molecule has 0 aliphatic heterocycles. The molecule has 0 amide bonds. The third-order valence-corrected chi connectivity index (χ3v) is 3.92. The largest absolute Gasteiger partial charge is 0.506 e. The van der Waals surface area contributed by atoms with E-state index in [0.29, 0.717) is 0 Å². The molecule has 0 atom stereocenters. The van der Waals surface area contributed by atoms with Crippen LogP contribution in [0.1, 0.15) is 18.1 Å². The van der Waals surface area contributed by atoms with E-state index in [0.717, 1.165) is 11.1 Å². The molecular formula is C15H20N4O2. The Morgan fingerprint density at radius 1 is 0.857 bits per heavy atom. The average molecular weight is 288 g/mol. The lowest BCUT2D eigenvalue weighted by Gasteiger charge is -2.35. The van der Waals surface area contributed by atoms with Crippen LogP contribution >= 0.6 is 0 Å². The summed E-state index contributed by atoms with van der Waals surface area (Å²) in [6.07, 6.45) is -0.731. The molecule has 0 fully saturated rings. The number of hydrogen-bond acceptors (Lipinski definition) is 6. The summed E-state index contributed by atoms with van der Waals surface area (Å²) in [5.74, 6) is -0.00572. The van der Waals surface area contributed by atoms with Gasteiger partial charge in [0.25, 0.3) is 0 Å². The standard InChI is InChI=1S/C15H20N4O2/c1-15(14(18)19,8-2-4-12(20)10(16)6-8)9-3-5-13(21)11(17)7-9/h2-7,14,20-21H,16-19H2,1H3. The van der Waals surface area contributed by atoms with E-state index < -0.39 is 11.6 Å². The fourth-order valence-corrected chi connectivity index (χ4v) is 2.31. The predicted octanol–water partition coefficient (Wildman–Crippen LogP) is 0.812. The van der Waals surface area contributed by atoms with Gasteiger partial charge >= 0.3 is 0 Å². The summed E-state index contributed by atoms with van der Waals surface area (Å²) in [6.45, 7) is 1.86. The van der Waals surface area contributed by atoms with Gasteiger partial charge in [-0.2, -0.15) is 0 Å². The van der Waals surface area contributed by atoms with Gasteiger partial charge in [0.05, 0.1) is 17.5 Å². The molecule has 6 heteroatoms. The molecule has 2 aromatic carbocycles. The minimum absolute atomic E-state index is 0.00286. The third kappa shape index (κ3) is 2.46. The summed E-state index contributed by atoms with van der Waals surface area (Å²) < 4.78 is 0. The molecule has 2 rings (SSSR count). The van der Waals surface area contributed by atoms with Crippen LogP contribution in [0.25, 0.3) is 0 Å². The fourth-order valence-electron chi connectivity index (χ4n) is 2.31. The van der Waals surface area contributed by atoms with Gasteiger partial charge in [-0.05, 0) is 42.3 Å². The highest BCUT2D eigenvalue weighted by molar-refractivity contribution is 5.60. The summed E-state index contributed by atoms with van der Waals surface area (Å²) in [4.78, 5) is 0. The molecule has 2 aromatic rings. The number of rotatable bonds is 3. The number of phenols is 2. The van der Waals surface area contributed by atoms with Crippen molar-refractivity contribution in [3.05, 3.63) is 47.5 Å². The lowest BCUT2D eigenvalue weighted by atomic mass is 9.73. The highest BCUT2D eigenvalue weighted by Gasteiger charge is 2.34. The quantitative estimate of drug-likeness (QED) is 0.280. The normalized spacial score (nSPS) is 11.8. The first-order valence-corrected chi connectivity index (χ1v) is 6.46. The minimum atomic E-state index is -0.774. The van der Waals surface area contributed by atoms with Gasteiger partial charge in [0, 0.05) is 5.41 Å². The number of benzene rings is 2. The highest BCUT2D eigenvalue weighted by Crippen LogP contribution is 2.38. The first-order chi connectivity index (χ1) is 9.76. The summed E-state index contributed by atoms with van der Waals surface area (Å²) in [5, 5.41) is 19.1.